The first-order chi connectivity index (χ1) is 17.6. The van der Waals surface area contributed by atoms with E-state index in [-0.39, 0.29) is 16.7 Å². The number of ketones is 1. The van der Waals surface area contributed by atoms with Gasteiger partial charge in [-0.3, -0.25) is 14.5 Å². The van der Waals surface area contributed by atoms with Crippen LogP contribution in [-0.4, -0.2) is 30.5 Å². The predicted octanol–water partition coefficient (Wildman–Crippen LogP) is 6.16. The zero-order valence-electron chi connectivity index (χ0n) is 21.5. The summed E-state index contributed by atoms with van der Waals surface area (Å²) in [5.74, 6) is -1.21. The predicted molar refractivity (Wildman–Crippen MR) is 140 cm³/mol. The number of nitrogens with zero attached hydrogens (tertiary/aromatic N) is 1. The Morgan fingerprint density at radius 3 is 2.35 bits per heavy atom. The molecule has 0 bridgehead atoms. The molecule has 3 aromatic carbocycles. The van der Waals surface area contributed by atoms with Gasteiger partial charge in [0.05, 0.1) is 25.3 Å². The highest BCUT2D eigenvalue weighted by molar-refractivity contribution is 6.51. The first kappa shape index (κ1) is 25.9. The third-order valence-electron chi connectivity index (χ3n) is 6.32. The number of rotatable bonds is 6. The van der Waals surface area contributed by atoms with Crippen molar-refractivity contribution >= 4 is 23.1 Å². The second-order valence-electron chi connectivity index (χ2n) is 9.82. The van der Waals surface area contributed by atoms with Crippen LogP contribution in [0.3, 0.4) is 0 Å². The van der Waals surface area contributed by atoms with E-state index in [2.05, 4.69) is 0 Å². The largest absolute Gasteiger partial charge is 0.507 e. The number of hydrogen-bond acceptors (Lipinski definition) is 5. The lowest BCUT2D eigenvalue weighted by atomic mass is 9.84. The normalized spacial score (nSPS) is 17.2. The van der Waals surface area contributed by atoms with Gasteiger partial charge in [0, 0.05) is 16.8 Å². The summed E-state index contributed by atoms with van der Waals surface area (Å²) < 4.78 is 24.8. The lowest BCUT2D eigenvalue weighted by molar-refractivity contribution is -0.132. The van der Waals surface area contributed by atoms with Gasteiger partial charge in [0.2, 0.25) is 0 Å². The van der Waals surface area contributed by atoms with Crippen molar-refractivity contribution < 1.29 is 28.6 Å². The first-order valence-corrected chi connectivity index (χ1v) is 12.0. The third kappa shape index (κ3) is 4.94. The number of ether oxygens (including phenoxy) is 2. The molecule has 1 fully saturated rings. The zero-order valence-corrected chi connectivity index (χ0v) is 21.5. The highest BCUT2D eigenvalue weighted by Crippen LogP contribution is 2.43. The van der Waals surface area contributed by atoms with E-state index < -0.39 is 23.5 Å². The minimum Gasteiger partial charge on any atom is -0.507 e. The summed E-state index contributed by atoms with van der Waals surface area (Å²) in [7, 11) is 1.52. The summed E-state index contributed by atoms with van der Waals surface area (Å²) in [6.45, 7) is 8.45. The summed E-state index contributed by atoms with van der Waals surface area (Å²) in [6, 6.07) is 16.5. The molecular weight excluding hydrogens is 473 g/mol. The van der Waals surface area contributed by atoms with Crippen molar-refractivity contribution in [3.05, 3.63) is 94.8 Å². The molecule has 1 N–H and O–H groups in total. The lowest BCUT2D eigenvalue weighted by Gasteiger charge is -2.26. The third-order valence-corrected chi connectivity index (χ3v) is 6.32. The fraction of sp³-hybridized carbons (Fsp3) is 0.267. The fourth-order valence-electron chi connectivity index (χ4n) is 4.53. The molecule has 0 saturated carbocycles. The number of amides is 1. The number of benzene rings is 3. The summed E-state index contributed by atoms with van der Waals surface area (Å²) in [4.78, 5) is 28.0. The van der Waals surface area contributed by atoms with Gasteiger partial charge in [0.1, 0.15) is 23.1 Å². The van der Waals surface area contributed by atoms with Crippen LogP contribution in [-0.2, 0) is 15.0 Å². The molecule has 0 aromatic heterocycles. The standard InChI is InChI=1S/C30H30FNO5/c1-6-37-24-15-10-19(17-23(24)30(2,3)4)27(33)25-26(18-8-7-9-22(16-18)36-5)32(29(35)28(25)34)21-13-11-20(31)12-14-21/h7-17,26,33H,6H2,1-5H3/b27-25-. The molecule has 1 aliphatic rings. The van der Waals surface area contributed by atoms with Crippen LogP contribution in [0.2, 0.25) is 0 Å². The molecule has 4 rings (SSSR count). The van der Waals surface area contributed by atoms with Gasteiger partial charge in [-0.25, -0.2) is 4.39 Å². The van der Waals surface area contributed by atoms with Crippen molar-refractivity contribution in [1.82, 2.24) is 0 Å². The van der Waals surface area contributed by atoms with Crippen LogP contribution >= 0.6 is 0 Å². The number of aliphatic hydroxyl groups is 1. The smallest absolute Gasteiger partial charge is 0.300 e. The van der Waals surface area contributed by atoms with Gasteiger partial charge >= 0.3 is 0 Å². The quantitative estimate of drug-likeness (QED) is 0.248. The molecule has 1 heterocycles. The van der Waals surface area contributed by atoms with Crippen LogP contribution in [0.25, 0.3) is 5.76 Å². The van der Waals surface area contributed by atoms with Gasteiger partial charge in [-0.05, 0) is 72.5 Å². The molecule has 0 spiro atoms. The van der Waals surface area contributed by atoms with Crippen LogP contribution in [0, 0.1) is 5.82 Å². The average Bonchev–Trinajstić information content (AvgIpc) is 3.14. The molecule has 7 heteroatoms. The van der Waals surface area contributed by atoms with Crippen molar-refractivity contribution in [3.8, 4) is 11.5 Å². The molecule has 0 aliphatic carbocycles. The number of Topliss-reactive ketones (excluding diaryl/α,β-unsaturated/α-hetero) is 1. The Hall–Kier alpha value is -4.13. The van der Waals surface area contributed by atoms with E-state index in [0.717, 1.165) is 5.56 Å². The molecular formula is C30H30FNO5. The minimum absolute atomic E-state index is 0.0633. The van der Waals surface area contributed by atoms with Crippen molar-refractivity contribution in [1.29, 1.82) is 0 Å². The van der Waals surface area contributed by atoms with Crippen molar-refractivity contribution in [2.75, 3.05) is 18.6 Å². The Labute approximate surface area is 215 Å². The van der Waals surface area contributed by atoms with E-state index in [1.165, 1.54) is 36.3 Å². The maximum absolute atomic E-state index is 13.7. The van der Waals surface area contributed by atoms with Gasteiger partial charge in [-0.15, -0.1) is 0 Å². The van der Waals surface area contributed by atoms with Gasteiger partial charge in [0.25, 0.3) is 11.7 Å². The first-order valence-electron chi connectivity index (χ1n) is 12.0. The molecule has 1 aliphatic heterocycles. The second-order valence-corrected chi connectivity index (χ2v) is 9.82. The minimum atomic E-state index is -0.954. The van der Waals surface area contributed by atoms with E-state index in [9.17, 15) is 19.1 Å². The molecule has 0 radical (unpaired) electrons. The highest BCUT2D eigenvalue weighted by Gasteiger charge is 2.47. The van der Waals surface area contributed by atoms with E-state index >= 15 is 0 Å². The molecule has 3 aromatic rings. The molecule has 1 atom stereocenters. The average molecular weight is 504 g/mol. The SMILES string of the molecule is CCOc1ccc(/C(O)=C2/C(=O)C(=O)N(c3ccc(F)cc3)C2c2cccc(OC)c2)cc1C(C)(C)C. The zero-order chi connectivity index (χ0) is 26.9. The van der Waals surface area contributed by atoms with Crippen LogP contribution in [0.4, 0.5) is 10.1 Å². The molecule has 1 saturated heterocycles. The molecule has 1 amide bonds. The van der Waals surface area contributed by atoms with E-state index in [0.29, 0.717) is 34.9 Å². The van der Waals surface area contributed by atoms with Gasteiger partial charge in [0.15, 0.2) is 0 Å². The maximum atomic E-state index is 13.7. The number of methoxy groups -OCH3 is 1. The maximum Gasteiger partial charge on any atom is 0.300 e. The number of anilines is 1. The topological polar surface area (TPSA) is 76.1 Å². The molecule has 1 unspecified atom stereocenters. The Balaban J connectivity index is 1.95. The Morgan fingerprint density at radius 2 is 1.73 bits per heavy atom. The van der Waals surface area contributed by atoms with Crippen LogP contribution in [0.15, 0.2) is 72.3 Å². The van der Waals surface area contributed by atoms with Crippen molar-refractivity contribution in [3.63, 3.8) is 0 Å². The highest BCUT2D eigenvalue weighted by atomic mass is 19.1. The van der Waals surface area contributed by atoms with E-state index in [4.69, 9.17) is 9.47 Å². The van der Waals surface area contributed by atoms with Gasteiger partial charge in [-0.1, -0.05) is 32.9 Å². The summed E-state index contributed by atoms with van der Waals surface area (Å²) in [5, 5.41) is 11.5. The molecule has 192 valence electrons. The Bertz CT molecular complexity index is 1370. The monoisotopic (exact) mass is 503 g/mol. The Kier molecular flexibility index (Phi) is 7.07. The van der Waals surface area contributed by atoms with Crippen LogP contribution in [0.1, 0.15) is 50.4 Å². The van der Waals surface area contributed by atoms with E-state index in [1.807, 2.05) is 27.7 Å². The lowest BCUT2D eigenvalue weighted by Crippen LogP contribution is -2.29. The number of aliphatic hydroxyl groups excluding tert-OH is 1. The summed E-state index contributed by atoms with van der Waals surface area (Å²) in [5.41, 5.74) is 1.76. The van der Waals surface area contributed by atoms with Gasteiger partial charge < -0.3 is 14.6 Å². The van der Waals surface area contributed by atoms with Gasteiger partial charge in [-0.2, -0.15) is 0 Å². The molecule has 37 heavy (non-hydrogen) atoms. The second kappa shape index (κ2) is 10.1. The Morgan fingerprint density at radius 1 is 1.03 bits per heavy atom. The molecule has 6 nitrogen and oxygen atoms in total. The summed E-state index contributed by atoms with van der Waals surface area (Å²) in [6.07, 6.45) is 0. The fourth-order valence-corrected chi connectivity index (χ4v) is 4.53. The number of hydrogen-bond donors (Lipinski definition) is 1. The van der Waals surface area contributed by atoms with Crippen LogP contribution < -0.4 is 14.4 Å². The van der Waals surface area contributed by atoms with E-state index in [1.54, 1.807) is 42.5 Å². The van der Waals surface area contributed by atoms with Crippen molar-refractivity contribution in [2.24, 2.45) is 0 Å². The van der Waals surface area contributed by atoms with Crippen LogP contribution in [0.5, 0.6) is 11.5 Å². The number of carbonyl (C=O) groups is 2. The summed E-state index contributed by atoms with van der Waals surface area (Å²) >= 11 is 0. The van der Waals surface area contributed by atoms with Crippen molar-refractivity contribution in [2.45, 2.75) is 39.2 Å². The number of carbonyl (C=O) groups excluding carboxylic acids is 2. The number of halogens is 1.